The Hall–Kier alpha value is -1.52. The summed E-state index contributed by atoms with van der Waals surface area (Å²) < 4.78 is 17.0. The number of methoxy groups -OCH3 is 1. The maximum atomic E-state index is 5.99. The maximum absolute atomic E-state index is 5.99. The zero-order valence-electron chi connectivity index (χ0n) is 14.3. The van der Waals surface area contributed by atoms with Crippen molar-refractivity contribution in [3.05, 3.63) is 54.1 Å². The highest BCUT2D eigenvalue weighted by Gasteiger charge is 2.10. The minimum absolute atomic E-state index is 0.148. The number of halogens is 1. The highest BCUT2D eigenvalue weighted by atomic mass is 79.9. The number of rotatable bonds is 10. The molecule has 0 aliphatic heterocycles. The van der Waals surface area contributed by atoms with Gasteiger partial charge in [0.1, 0.15) is 17.2 Å². The SMILES string of the molecule is CCC(OCCCCBr)c1ccc(Oc2ccc(OC)cc2)cc1. The summed E-state index contributed by atoms with van der Waals surface area (Å²) in [5, 5.41) is 1.03. The highest BCUT2D eigenvalue weighted by Crippen LogP contribution is 2.27. The van der Waals surface area contributed by atoms with Crippen LogP contribution in [0.5, 0.6) is 17.2 Å². The van der Waals surface area contributed by atoms with E-state index in [2.05, 4.69) is 35.0 Å². The zero-order valence-corrected chi connectivity index (χ0v) is 15.9. The van der Waals surface area contributed by atoms with Crippen LogP contribution in [0.25, 0.3) is 0 Å². The lowest BCUT2D eigenvalue weighted by Crippen LogP contribution is -2.04. The zero-order chi connectivity index (χ0) is 17.2. The lowest BCUT2D eigenvalue weighted by atomic mass is 10.1. The van der Waals surface area contributed by atoms with Crippen LogP contribution in [0.1, 0.15) is 37.9 Å². The van der Waals surface area contributed by atoms with E-state index in [1.807, 2.05) is 36.4 Å². The second kappa shape index (κ2) is 10.4. The third-order valence-electron chi connectivity index (χ3n) is 3.76. The van der Waals surface area contributed by atoms with Gasteiger partial charge in [0, 0.05) is 11.9 Å². The third kappa shape index (κ3) is 5.84. The average molecular weight is 393 g/mol. The van der Waals surface area contributed by atoms with Crippen LogP contribution in [0.2, 0.25) is 0 Å². The van der Waals surface area contributed by atoms with Crippen molar-refractivity contribution >= 4 is 15.9 Å². The quantitative estimate of drug-likeness (QED) is 0.359. The van der Waals surface area contributed by atoms with Gasteiger partial charge in [0.15, 0.2) is 0 Å². The average Bonchev–Trinajstić information content (AvgIpc) is 2.63. The number of hydrogen-bond donors (Lipinski definition) is 0. The van der Waals surface area contributed by atoms with Crippen LogP contribution >= 0.6 is 15.9 Å². The van der Waals surface area contributed by atoms with Crippen molar-refractivity contribution < 1.29 is 14.2 Å². The third-order valence-corrected chi connectivity index (χ3v) is 4.33. The van der Waals surface area contributed by atoms with Gasteiger partial charge in [0.05, 0.1) is 13.2 Å². The minimum atomic E-state index is 0.148. The summed E-state index contributed by atoms with van der Waals surface area (Å²) in [6.45, 7) is 2.95. The molecule has 1 atom stereocenters. The van der Waals surface area contributed by atoms with E-state index in [0.717, 1.165) is 48.4 Å². The van der Waals surface area contributed by atoms with Gasteiger partial charge in [0.25, 0.3) is 0 Å². The van der Waals surface area contributed by atoms with E-state index in [1.165, 1.54) is 5.56 Å². The van der Waals surface area contributed by atoms with E-state index in [-0.39, 0.29) is 6.10 Å². The topological polar surface area (TPSA) is 27.7 Å². The molecule has 0 spiro atoms. The first-order valence-corrected chi connectivity index (χ1v) is 9.48. The van der Waals surface area contributed by atoms with Crippen molar-refractivity contribution in [1.29, 1.82) is 0 Å². The number of alkyl halides is 1. The van der Waals surface area contributed by atoms with E-state index in [0.29, 0.717) is 0 Å². The number of benzene rings is 2. The second-order valence-corrected chi connectivity index (χ2v) is 6.30. The standard InChI is InChI=1S/C20H25BrO3/c1-3-20(23-15-5-4-14-21)16-6-8-18(9-7-16)24-19-12-10-17(22-2)11-13-19/h6-13,20H,3-5,14-15H2,1-2H3. The first-order valence-electron chi connectivity index (χ1n) is 8.36. The van der Waals surface area contributed by atoms with Crippen LogP contribution in [0.4, 0.5) is 0 Å². The lowest BCUT2D eigenvalue weighted by molar-refractivity contribution is 0.0482. The molecule has 0 aliphatic rings. The van der Waals surface area contributed by atoms with Gasteiger partial charge in [-0.2, -0.15) is 0 Å². The first-order chi connectivity index (χ1) is 11.8. The van der Waals surface area contributed by atoms with Gasteiger partial charge in [-0.1, -0.05) is 35.0 Å². The van der Waals surface area contributed by atoms with Crippen LogP contribution in [-0.2, 0) is 4.74 Å². The van der Waals surface area contributed by atoms with Crippen LogP contribution in [-0.4, -0.2) is 19.0 Å². The van der Waals surface area contributed by atoms with Gasteiger partial charge in [-0.05, 0) is 61.2 Å². The van der Waals surface area contributed by atoms with Crippen molar-refractivity contribution in [1.82, 2.24) is 0 Å². The van der Waals surface area contributed by atoms with Crippen molar-refractivity contribution in [3.63, 3.8) is 0 Å². The van der Waals surface area contributed by atoms with Crippen molar-refractivity contribution in [2.75, 3.05) is 19.0 Å². The van der Waals surface area contributed by atoms with Gasteiger partial charge in [-0.15, -0.1) is 0 Å². The molecule has 0 fully saturated rings. The monoisotopic (exact) mass is 392 g/mol. The Bertz CT molecular complexity index is 581. The molecule has 2 aromatic rings. The van der Waals surface area contributed by atoms with Gasteiger partial charge in [-0.25, -0.2) is 0 Å². The summed E-state index contributed by atoms with van der Waals surface area (Å²) in [6, 6.07) is 15.7. The molecule has 0 heterocycles. The molecule has 1 unspecified atom stereocenters. The number of hydrogen-bond acceptors (Lipinski definition) is 3. The largest absolute Gasteiger partial charge is 0.497 e. The van der Waals surface area contributed by atoms with Crippen LogP contribution in [0.3, 0.4) is 0 Å². The molecule has 0 bridgehead atoms. The van der Waals surface area contributed by atoms with E-state index in [4.69, 9.17) is 14.2 Å². The Kier molecular flexibility index (Phi) is 8.13. The predicted molar refractivity (Wildman–Crippen MR) is 102 cm³/mol. The molecule has 0 saturated heterocycles. The number of unbranched alkanes of at least 4 members (excludes halogenated alkanes) is 1. The summed E-state index contributed by atoms with van der Waals surface area (Å²) >= 11 is 3.45. The molecule has 24 heavy (non-hydrogen) atoms. The van der Waals surface area contributed by atoms with E-state index in [9.17, 15) is 0 Å². The molecule has 4 heteroatoms. The Balaban J connectivity index is 1.92. The van der Waals surface area contributed by atoms with E-state index < -0.39 is 0 Å². The normalized spacial score (nSPS) is 12.0. The Morgan fingerprint density at radius 3 is 2.00 bits per heavy atom. The summed E-state index contributed by atoms with van der Waals surface area (Å²) in [4.78, 5) is 0. The van der Waals surface area contributed by atoms with Gasteiger partial charge in [-0.3, -0.25) is 0 Å². The second-order valence-electron chi connectivity index (χ2n) is 5.51. The van der Waals surface area contributed by atoms with Crippen molar-refractivity contribution in [2.45, 2.75) is 32.3 Å². The number of ether oxygens (including phenoxy) is 3. The van der Waals surface area contributed by atoms with Gasteiger partial charge < -0.3 is 14.2 Å². The van der Waals surface area contributed by atoms with E-state index >= 15 is 0 Å². The Labute approximate surface area is 153 Å². The maximum Gasteiger partial charge on any atom is 0.127 e. The Morgan fingerprint density at radius 1 is 0.875 bits per heavy atom. The predicted octanol–water partition coefficient (Wildman–Crippen LogP) is 6.13. The molecule has 3 nitrogen and oxygen atoms in total. The van der Waals surface area contributed by atoms with Crippen LogP contribution < -0.4 is 9.47 Å². The molecule has 2 rings (SSSR count). The minimum Gasteiger partial charge on any atom is -0.497 e. The summed E-state index contributed by atoms with van der Waals surface area (Å²) in [5.74, 6) is 2.43. The van der Waals surface area contributed by atoms with Crippen LogP contribution in [0, 0.1) is 0 Å². The summed E-state index contributed by atoms with van der Waals surface area (Å²) in [7, 11) is 1.65. The summed E-state index contributed by atoms with van der Waals surface area (Å²) in [5.41, 5.74) is 1.19. The fraction of sp³-hybridized carbons (Fsp3) is 0.400. The molecule has 0 N–H and O–H groups in total. The fourth-order valence-corrected chi connectivity index (χ4v) is 2.80. The van der Waals surface area contributed by atoms with Crippen molar-refractivity contribution in [3.8, 4) is 17.2 Å². The smallest absolute Gasteiger partial charge is 0.127 e. The molecule has 0 aliphatic carbocycles. The first kappa shape index (κ1) is 18.8. The van der Waals surface area contributed by atoms with Crippen LogP contribution in [0.15, 0.2) is 48.5 Å². The van der Waals surface area contributed by atoms with Crippen molar-refractivity contribution in [2.24, 2.45) is 0 Å². The van der Waals surface area contributed by atoms with E-state index in [1.54, 1.807) is 7.11 Å². The highest BCUT2D eigenvalue weighted by molar-refractivity contribution is 9.09. The lowest BCUT2D eigenvalue weighted by Gasteiger charge is -2.17. The molecule has 0 amide bonds. The molecule has 0 saturated carbocycles. The molecule has 0 aromatic heterocycles. The molecular weight excluding hydrogens is 368 g/mol. The fourth-order valence-electron chi connectivity index (χ4n) is 2.40. The molecule has 2 aromatic carbocycles. The molecule has 130 valence electrons. The van der Waals surface area contributed by atoms with Gasteiger partial charge in [0.2, 0.25) is 0 Å². The Morgan fingerprint density at radius 2 is 1.46 bits per heavy atom. The molecule has 0 radical (unpaired) electrons. The molecular formula is C20H25BrO3. The van der Waals surface area contributed by atoms with Gasteiger partial charge >= 0.3 is 0 Å². The summed E-state index contributed by atoms with van der Waals surface area (Å²) in [6.07, 6.45) is 3.34.